The van der Waals surface area contributed by atoms with E-state index in [4.69, 9.17) is 11.6 Å². The van der Waals surface area contributed by atoms with Gasteiger partial charge in [0.1, 0.15) is 5.82 Å². The van der Waals surface area contributed by atoms with Crippen molar-refractivity contribution >= 4 is 17.5 Å². The lowest BCUT2D eigenvalue weighted by Gasteiger charge is -2.37. The van der Waals surface area contributed by atoms with Crippen LogP contribution in [-0.2, 0) is 0 Å². The fourth-order valence-corrected chi connectivity index (χ4v) is 3.57. The van der Waals surface area contributed by atoms with Crippen LogP contribution in [0.4, 0.5) is 4.39 Å². The number of amides is 1. The molecule has 0 radical (unpaired) electrons. The highest BCUT2D eigenvalue weighted by atomic mass is 35.5. The Labute approximate surface area is 141 Å². The van der Waals surface area contributed by atoms with Crippen molar-refractivity contribution in [3.8, 4) is 0 Å². The Morgan fingerprint density at radius 3 is 2.74 bits per heavy atom. The summed E-state index contributed by atoms with van der Waals surface area (Å²) >= 11 is 5.74. The van der Waals surface area contributed by atoms with Crippen LogP contribution < -0.4 is 5.32 Å². The van der Waals surface area contributed by atoms with E-state index in [9.17, 15) is 9.18 Å². The summed E-state index contributed by atoms with van der Waals surface area (Å²) in [5, 5.41) is 3.75. The highest BCUT2D eigenvalue weighted by molar-refractivity contribution is 6.30. The summed E-state index contributed by atoms with van der Waals surface area (Å²) in [6.45, 7) is 6.34. The lowest BCUT2D eigenvalue weighted by Crippen LogP contribution is -2.51. The number of hydrogen-bond acceptors (Lipinski definition) is 3. The average molecular weight is 340 g/mol. The van der Waals surface area contributed by atoms with Crippen LogP contribution in [0, 0.1) is 11.7 Å². The molecule has 1 unspecified atom stereocenters. The maximum Gasteiger partial charge on any atom is 0.256 e. The third-order valence-electron chi connectivity index (χ3n) is 4.74. The lowest BCUT2D eigenvalue weighted by atomic mass is 9.99. The Kier molecular flexibility index (Phi) is 5.51. The molecule has 2 aliphatic heterocycles. The van der Waals surface area contributed by atoms with E-state index in [1.165, 1.54) is 25.0 Å². The molecule has 0 bridgehead atoms. The summed E-state index contributed by atoms with van der Waals surface area (Å²) in [5.41, 5.74) is 0.110. The van der Waals surface area contributed by atoms with Crippen LogP contribution in [0.25, 0.3) is 0 Å². The van der Waals surface area contributed by atoms with Gasteiger partial charge in [-0.25, -0.2) is 4.39 Å². The van der Waals surface area contributed by atoms with E-state index >= 15 is 0 Å². The third-order valence-corrected chi connectivity index (χ3v) is 4.97. The number of halogens is 2. The molecular weight excluding hydrogens is 317 g/mol. The molecular formula is C17H23ClFN3O. The van der Waals surface area contributed by atoms with Gasteiger partial charge in [-0.1, -0.05) is 11.6 Å². The molecule has 2 fully saturated rings. The monoisotopic (exact) mass is 339 g/mol. The predicted molar refractivity (Wildman–Crippen MR) is 89.3 cm³/mol. The van der Waals surface area contributed by atoms with Gasteiger partial charge < -0.3 is 10.2 Å². The fourth-order valence-electron chi connectivity index (χ4n) is 3.41. The van der Waals surface area contributed by atoms with Gasteiger partial charge in [0, 0.05) is 37.7 Å². The molecule has 4 nitrogen and oxygen atoms in total. The molecule has 1 amide bonds. The molecule has 0 aliphatic carbocycles. The molecule has 1 aromatic rings. The highest BCUT2D eigenvalue weighted by Crippen LogP contribution is 2.18. The molecule has 1 aromatic carbocycles. The van der Waals surface area contributed by atoms with Crippen molar-refractivity contribution < 1.29 is 9.18 Å². The largest absolute Gasteiger partial charge is 0.336 e. The van der Waals surface area contributed by atoms with Crippen molar-refractivity contribution in [2.75, 3.05) is 45.8 Å². The molecule has 2 heterocycles. The van der Waals surface area contributed by atoms with E-state index in [2.05, 4.69) is 10.2 Å². The molecule has 0 spiro atoms. The number of benzene rings is 1. The molecule has 2 aliphatic rings. The molecule has 3 rings (SSSR count). The van der Waals surface area contributed by atoms with Gasteiger partial charge in [-0.15, -0.1) is 0 Å². The number of piperazine rings is 1. The smallest absolute Gasteiger partial charge is 0.256 e. The summed E-state index contributed by atoms with van der Waals surface area (Å²) in [5.74, 6) is -0.0731. The first-order valence-corrected chi connectivity index (χ1v) is 8.68. The second-order valence-corrected chi connectivity index (χ2v) is 6.87. The minimum absolute atomic E-state index is 0.110. The summed E-state index contributed by atoms with van der Waals surface area (Å²) in [4.78, 5) is 16.6. The second-order valence-electron chi connectivity index (χ2n) is 6.43. The number of nitrogens with one attached hydrogen (secondary N) is 1. The Hall–Kier alpha value is -1.17. The second kappa shape index (κ2) is 7.60. The third kappa shape index (κ3) is 4.22. The van der Waals surface area contributed by atoms with E-state index in [1.807, 2.05) is 0 Å². The Bertz CT molecular complexity index is 555. The molecule has 1 atom stereocenters. The maximum absolute atomic E-state index is 13.9. The minimum atomic E-state index is -0.543. The Balaban J connectivity index is 1.52. The van der Waals surface area contributed by atoms with Gasteiger partial charge in [0.2, 0.25) is 0 Å². The number of carbonyl (C=O) groups is 1. The van der Waals surface area contributed by atoms with Crippen molar-refractivity contribution in [1.82, 2.24) is 15.1 Å². The molecule has 2 saturated heterocycles. The van der Waals surface area contributed by atoms with E-state index in [-0.39, 0.29) is 11.5 Å². The molecule has 0 aromatic heterocycles. The fraction of sp³-hybridized carbons (Fsp3) is 0.588. The zero-order chi connectivity index (χ0) is 16.2. The first kappa shape index (κ1) is 16.7. The molecule has 126 valence electrons. The number of carbonyl (C=O) groups excluding carboxylic acids is 1. The van der Waals surface area contributed by atoms with Crippen LogP contribution in [0.5, 0.6) is 0 Å². The van der Waals surface area contributed by atoms with Gasteiger partial charge >= 0.3 is 0 Å². The topological polar surface area (TPSA) is 35.6 Å². The van der Waals surface area contributed by atoms with Crippen LogP contribution >= 0.6 is 11.6 Å². The van der Waals surface area contributed by atoms with Gasteiger partial charge in [0.25, 0.3) is 5.91 Å². The molecule has 6 heteroatoms. The standard InChI is InChI=1S/C17H23ClFN3O/c18-14-3-4-15(16(19)10-14)17(23)22-8-6-21(7-9-22)12-13-2-1-5-20-11-13/h3-4,10,13,20H,1-2,5-9,11-12H2. The van der Waals surface area contributed by atoms with Crippen LogP contribution in [0.15, 0.2) is 18.2 Å². The normalized spacial score (nSPS) is 23.0. The van der Waals surface area contributed by atoms with Crippen LogP contribution in [0.2, 0.25) is 5.02 Å². The van der Waals surface area contributed by atoms with Gasteiger partial charge in [-0.3, -0.25) is 9.69 Å². The number of piperidine rings is 1. The van der Waals surface area contributed by atoms with Gasteiger partial charge in [0.15, 0.2) is 0 Å². The van der Waals surface area contributed by atoms with E-state index in [0.717, 1.165) is 32.7 Å². The van der Waals surface area contributed by atoms with Gasteiger partial charge in [-0.05, 0) is 50.0 Å². The van der Waals surface area contributed by atoms with E-state index in [0.29, 0.717) is 24.0 Å². The summed E-state index contributed by atoms with van der Waals surface area (Å²) in [6.07, 6.45) is 2.53. The maximum atomic E-state index is 13.9. The lowest BCUT2D eigenvalue weighted by molar-refractivity contribution is 0.0605. The Morgan fingerprint density at radius 2 is 2.09 bits per heavy atom. The quantitative estimate of drug-likeness (QED) is 0.917. The van der Waals surface area contributed by atoms with E-state index < -0.39 is 5.82 Å². The highest BCUT2D eigenvalue weighted by Gasteiger charge is 2.25. The van der Waals surface area contributed by atoms with Crippen molar-refractivity contribution in [1.29, 1.82) is 0 Å². The van der Waals surface area contributed by atoms with Crippen molar-refractivity contribution in [3.63, 3.8) is 0 Å². The van der Waals surface area contributed by atoms with Crippen molar-refractivity contribution in [3.05, 3.63) is 34.6 Å². The van der Waals surface area contributed by atoms with Gasteiger partial charge in [0.05, 0.1) is 5.56 Å². The van der Waals surface area contributed by atoms with Crippen molar-refractivity contribution in [2.45, 2.75) is 12.8 Å². The zero-order valence-electron chi connectivity index (χ0n) is 13.2. The summed E-state index contributed by atoms with van der Waals surface area (Å²) in [6, 6.07) is 4.23. The first-order chi connectivity index (χ1) is 11.1. The number of rotatable bonds is 3. The van der Waals surface area contributed by atoms with Crippen molar-refractivity contribution in [2.24, 2.45) is 5.92 Å². The van der Waals surface area contributed by atoms with Crippen LogP contribution in [-0.4, -0.2) is 61.5 Å². The summed E-state index contributed by atoms with van der Waals surface area (Å²) in [7, 11) is 0. The average Bonchev–Trinajstić information content (AvgIpc) is 2.56. The summed E-state index contributed by atoms with van der Waals surface area (Å²) < 4.78 is 13.9. The predicted octanol–water partition coefficient (Wildman–Crippen LogP) is 2.24. The number of nitrogens with zero attached hydrogens (tertiary/aromatic N) is 2. The van der Waals surface area contributed by atoms with Gasteiger partial charge in [-0.2, -0.15) is 0 Å². The van der Waals surface area contributed by atoms with Crippen LogP contribution in [0.3, 0.4) is 0 Å². The Morgan fingerprint density at radius 1 is 1.30 bits per heavy atom. The number of hydrogen-bond donors (Lipinski definition) is 1. The van der Waals surface area contributed by atoms with Crippen LogP contribution in [0.1, 0.15) is 23.2 Å². The molecule has 0 saturated carbocycles. The van der Waals surface area contributed by atoms with E-state index in [1.54, 1.807) is 11.0 Å². The zero-order valence-corrected chi connectivity index (χ0v) is 14.0. The SMILES string of the molecule is O=C(c1ccc(Cl)cc1F)N1CCN(CC2CCCNC2)CC1. The molecule has 1 N–H and O–H groups in total. The molecule has 23 heavy (non-hydrogen) atoms. The minimum Gasteiger partial charge on any atom is -0.336 e. The first-order valence-electron chi connectivity index (χ1n) is 8.31.